The Morgan fingerprint density at radius 1 is 1.33 bits per heavy atom. The van der Waals surface area contributed by atoms with E-state index in [4.69, 9.17) is 0 Å². The second kappa shape index (κ2) is 5.13. The van der Waals surface area contributed by atoms with Crippen molar-refractivity contribution in [3.63, 3.8) is 0 Å². The van der Waals surface area contributed by atoms with Gasteiger partial charge in [0.15, 0.2) is 0 Å². The first-order valence-corrected chi connectivity index (χ1v) is 6.56. The first-order valence-electron chi connectivity index (χ1n) is 5.77. The van der Waals surface area contributed by atoms with Gasteiger partial charge in [0.2, 0.25) is 0 Å². The Balaban J connectivity index is 2.06. The molecule has 1 aliphatic rings. The lowest BCUT2D eigenvalue weighted by molar-refractivity contribution is 0.545. The monoisotopic (exact) mass is 267 g/mol. The summed E-state index contributed by atoms with van der Waals surface area (Å²) in [4.78, 5) is 0. The van der Waals surface area contributed by atoms with Crippen molar-refractivity contribution < 1.29 is 0 Å². The van der Waals surface area contributed by atoms with E-state index >= 15 is 0 Å². The Morgan fingerprint density at radius 3 is 2.53 bits per heavy atom. The summed E-state index contributed by atoms with van der Waals surface area (Å²) in [5.41, 5.74) is 1.49. The fourth-order valence-corrected chi connectivity index (χ4v) is 2.33. The van der Waals surface area contributed by atoms with Crippen molar-refractivity contribution in [1.82, 2.24) is 5.32 Å². The maximum Gasteiger partial charge on any atom is 0.0175 e. The summed E-state index contributed by atoms with van der Waals surface area (Å²) < 4.78 is 1.17. The average Bonchev–Trinajstić information content (AvgIpc) is 3.05. The van der Waals surface area contributed by atoms with Gasteiger partial charge in [0.05, 0.1) is 0 Å². The fraction of sp³-hybridized carbons (Fsp3) is 0.538. The Kier molecular flexibility index (Phi) is 3.81. The van der Waals surface area contributed by atoms with Crippen LogP contribution in [0.25, 0.3) is 0 Å². The van der Waals surface area contributed by atoms with E-state index < -0.39 is 0 Å². The third kappa shape index (κ3) is 3.05. The molecule has 15 heavy (non-hydrogen) atoms. The molecule has 0 heterocycles. The van der Waals surface area contributed by atoms with Crippen molar-refractivity contribution in [2.24, 2.45) is 5.92 Å². The molecular formula is C13H18BrN. The number of rotatable bonds is 5. The number of likely N-dealkylation sites (N-methyl/N-ethyl adjacent to an activating group) is 1. The maximum atomic E-state index is 3.48. The molecule has 1 aromatic rings. The summed E-state index contributed by atoms with van der Waals surface area (Å²) in [6.45, 7) is 4.37. The lowest BCUT2D eigenvalue weighted by Crippen LogP contribution is -2.22. The van der Waals surface area contributed by atoms with Gasteiger partial charge in [-0.25, -0.2) is 0 Å². The van der Waals surface area contributed by atoms with Crippen LogP contribution in [0.4, 0.5) is 0 Å². The molecule has 1 N–H and O–H groups in total. The molecular weight excluding hydrogens is 250 g/mol. The number of benzene rings is 1. The van der Waals surface area contributed by atoms with E-state index in [1.165, 1.54) is 22.9 Å². The Morgan fingerprint density at radius 2 is 2.00 bits per heavy atom. The molecule has 0 aromatic heterocycles. The minimum Gasteiger partial charge on any atom is -0.316 e. The summed E-state index contributed by atoms with van der Waals surface area (Å²) in [6, 6.07) is 8.81. The maximum absolute atomic E-state index is 3.48. The highest BCUT2D eigenvalue weighted by atomic mass is 79.9. The molecule has 0 spiro atoms. The Hall–Kier alpha value is -0.340. The zero-order chi connectivity index (χ0) is 10.7. The van der Waals surface area contributed by atoms with E-state index in [9.17, 15) is 0 Å². The summed E-state index contributed by atoms with van der Waals surface area (Å²) in [5.74, 6) is 1.64. The largest absolute Gasteiger partial charge is 0.316 e. The van der Waals surface area contributed by atoms with Crippen LogP contribution < -0.4 is 5.32 Å². The first kappa shape index (κ1) is 11.2. The van der Waals surface area contributed by atoms with Crippen LogP contribution in [-0.2, 0) is 0 Å². The summed E-state index contributed by atoms with van der Waals surface area (Å²) >= 11 is 3.48. The van der Waals surface area contributed by atoms with Crippen molar-refractivity contribution >= 4 is 15.9 Å². The van der Waals surface area contributed by atoms with Crippen LogP contribution in [0.5, 0.6) is 0 Å². The molecule has 0 amide bonds. The molecule has 0 bridgehead atoms. The Labute approximate surface area is 100 Å². The van der Waals surface area contributed by atoms with Gasteiger partial charge in [-0.3, -0.25) is 0 Å². The molecule has 1 aromatic carbocycles. The lowest BCUT2D eigenvalue weighted by atomic mass is 9.94. The van der Waals surface area contributed by atoms with E-state index in [-0.39, 0.29) is 0 Å². The first-order chi connectivity index (χ1) is 7.31. The van der Waals surface area contributed by atoms with Crippen molar-refractivity contribution in [2.45, 2.75) is 25.7 Å². The molecule has 1 atom stereocenters. The minimum absolute atomic E-state index is 0.720. The Bertz CT molecular complexity index is 303. The smallest absolute Gasteiger partial charge is 0.0175 e. The van der Waals surface area contributed by atoms with Gasteiger partial charge in [-0.1, -0.05) is 35.0 Å². The topological polar surface area (TPSA) is 12.0 Å². The second-order valence-corrected chi connectivity index (χ2v) is 5.22. The van der Waals surface area contributed by atoms with Gasteiger partial charge < -0.3 is 5.32 Å². The van der Waals surface area contributed by atoms with Crippen LogP contribution >= 0.6 is 15.9 Å². The third-order valence-corrected chi connectivity index (χ3v) is 3.63. The molecule has 82 valence electrons. The quantitative estimate of drug-likeness (QED) is 0.861. The molecule has 2 rings (SSSR count). The van der Waals surface area contributed by atoms with E-state index in [1.54, 1.807) is 0 Å². The third-order valence-electron chi connectivity index (χ3n) is 3.10. The van der Waals surface area contributed by atoms with Crippen LogP contribution in [0.3, 0.4) is 0 Å². The summed E-state index contributed by atoms with van der Waals surface area (Å²) in [7, 11) is 0. The highest BCUT2D eigenvalue weighted by Gasteiger charge is 2.31. The predicted molar refractivity (Wildman–Crippen MR) is 68.2 cm³/mol. The SMILES string of the molecule is CCNCC(c1ccc(Br)cc1)C1CC1. The molecule has 0 aliphatic heterocycles. The summed E-state index contributed by atoms with van der Waals surface area (Å²) in [5, 5.41) is 3.47. The van der Waals surface area contributed by atoms with Crippen LogP contribution in [0.2, 0.25) is 0 Å². The van der Waals surface area contributed by atoms with Gasteiger partial charge in [0.1, 0.15) is 0 Å². The second-order valence-electron chi connectivity index (χ2n) is 4.30. The van der Waals surface area contributed by atoms with Crippen molar-refractivity contribution in [3.8, 4) is 0 Å². The molecule has 1 fully saturated rings. The van der Waals surface area contributed by atoms with E-state index in [0.717, 1.165) is 24.9 Å². The average molecular weight is 268 g/mol. The van der Waals surface area contributed by atoms with Crippen molar-refractivity contribution in [2.75, 3.05) is 13.1 Å². The van der Waals surface area contributed by atoms with E-state index in [1.807, 2.05) is 0 Å². The highest BCUT2D eigenvalue weighted by Crippen LogP contribution is 2.42. The summed E-state index contributed by atoms with van der Waals surface area (Å²) in [6.07, 6.45) is 2.82. The van der Waals surface area contributed by atoms with E-state index in [0.29, 0.717) is 0 Å². The lowest BCUT2D eigenvalue weighted by Gasteiger charge is -2.17. The number of hydrogen-bond donors (Lipinski definition) is 1. The van der Waals surface area contributed by atoms with Crippen LogP contribution in [0, 0.1) is 5.92 Å². The van der Waals surface area contributed by atoms with Crippen molar-refractivity contribution in [3.05, 3.63) is 34.3 Å². The van der Waals surface area contributed by atoms with Gasteiger partial charge >= 0.3 is 0 Å². The number of hydrogen-bond acceptors (Lipinski definition) is 1. The number of halogens is 1. The predicted octanol–water partition coefficient (Wildman–Crippen LogP) is 3.55. The molecule has 0 saturated heterocycles. The molecule has 1 unspecified atom stereocenters. The van der Waals surface area contributed by atoms with Crippen LogP contribution in [-0.4, -0.2) is 13.1 Å². The highest BCUT2D eigenvalue weighted by molar-refractivity contribution is 9.10. The standard InChI is InChI=1S/C13H18BrN/c1-2-15-9-13(10-3-4-10)11-5-7-12(14)8-6-11/h5-8,10,13,15H,2-4,9H2,1H3. The van der Waals surface area contributed by atoms with E-state index in [2.05, 4.69) is 52.4 Å². The zero-order valence-corrected chi connectivity index (χ0v) is 10.8. The number of nitrogens with one attached hydrogen (secondary N) is 1. The normalized spacial score (nSPS) is 17.7. The zero-order valence-electron chi connectivity index (χ0n) is 9.17. The van der Waals surface area contributed by atoms with Crippen molar-refractivity contribution in [1.29, 1.82) is 0 Å². The molecule has 0 radical (unpaired) electrons. The molecule has 2 heteroatoms. The van der Waals surface area contributed by atoms with Crippen LogP contribution in [0.1, 0.15) is 31.2 Å². The van der Waals surface area contributed by atoms with Gasteiger partial charge in [0.25, 0.3) is 0 Å². The molecule has 1 saturated carbocycles. The molecule has 1 aliphatic carbocycles. The van der Waals surface area contributed by atoms with Gasteiger partial charge in [-0.15, -0.1) is 0 Å². The fourth-order valence-electron chi connectivity index (χ4n) is 2.07. The van der Waals surface area contributed by atoms with Gasteiger partial charge in [0, 0.05) is 11.0 Å². The molecule has 1 nitrogen and oxygen atoms in total. The van der Waals surface area contributed by atoms with Gasteiger partial charge in [-0.2, -0.15) is 0 Å². The van der Waals surface area contributed by atoms with Crippen LogP contribution in [0.15, 0.2) is 28.7 Å². The van der Waals surface area contributed by atoms with Gasteiger partial charge in [-0.05, 0) is 48.9 Å². The minimum atomic E-state index is 0.720.